The third kappa shape index (κ3) is 6.76. The maximum absolute atomic E-state index is 13.1. The molecule has 5 aromatic rings. The summed E-state index contributed by atoms with van der Waals surface area (Å²) in [6.07, 6.45) is -3.31. The Labute approximate surface area is 238 Å². The summed E-state index contributed by atoms with van der Waals surface area (Å²) in [5.74, 6) is -0.00358. The molecule has 222 valence electrons. The highest BCUT2D eigenvalue weighted by atomic mass is 35.5. The van der Waals surface area contributed by atoms with Crippen LogP contribution in [0.3, 0.4) is 0 Å². The molecular weight excluding hydrogens is 613 g/mol. The number of hydrogen-bond donors (Lipinski definition) is 0. The fraction of sp³-hybridized carbons (Fsp3) is 0.200. The van der Waals surface area contributed by atoms with Gasteiger partial charge in [-0.25, -0.2) is 36.5 Å². The molecule has 0 unspecified atom stereocenters. The van der Waals surface area contributed by atoms with Crippen LogP contribution in [0.2, 0.25) is 5.02 Å². The van der Waals surface area contributed by atoms with Crippen LogP contribution in [-0.2, 0) is 9.84 Å². The SMILES string of the molecule is CCS(=O)(=O)c1ccc(-n2ncn(-c3ccc(Cl)cc3)c2=O)nc1-c1nc2cc(OCF)ccc2o1.FCC(F)(F)F. The van der Waals surface area contributed by atoms with Gasteiger partial charge in [0.05, 0.1) is 16.3 Å². The first-order valence-electron chi connectivity index (χ1n) is 11.8. The number of alkyl halides is 5. The smallest absolute Gasteiger partial charge is 0.416 e. The Kier molecular flexibility index (Phi) is 8.96. The van der Waals surface area contributed by atoms with E-state index in [0.717, 1.165) is 4.68 Å². The first kappa shape index (κ1) is 30.6. The zero-order chi connectivity index (χ0) is 30.7. The van der Waals surface area contributed by atoms with E-state index in [4.69, 9.17) is 20.8 Å². The Morgan fingerprint density at radius 2 is 1.71 bits per heavy atom. The number of pyridine rings is 1. The van der Waals surface area contributed by atoms with E-state index in [1.54, 1.807) is 24.3 Å². The summed E-state index contributed by atoms with van der Waals surface area (Å²) >= 11 is 5.93. The highest BCUT2D eigenvalue weighted by Gasteiger charge is 2.26. The van der Waals surface area contributed by atoms with Crippen molar-refractivity contribution in [1.82, 2.24) is 24.3 Å². The number of aromatic nitrogens is 5. The highest BCUT2D eigenvalue weighted by molar-refractivity contribution is 7.91. The summed E-state index contributed by atoms with van der Waals surface area (Å²) in [7, 11) is -3.74. The number of rotatable bonds is 7. The van der Waals surface area contributed by atoms with E-state index in [1.807, 2.05) is 0 Å². The molecule has 0 aliphatic heterocycles. The summed E-state index contributed by atoms with van der Waals surface area (Å²) in [5, 5.41) is 4.64. The van der Waals surface area contributed by atoms with Crippen molar-refractivity contribution in [3.8, 4) is 28.8 Å². The lowest BCUT2D eigenvalue weighted by atomic mass is 10.3. The average Bonchev–Trinajstić information content (AvgIpc) is 3.56. The predicted molar refractivity (Wildman–Crippen MR) is 141 cm³/mol. The van der Waals surface area contributed by atoms with Crippen LogP contribution in [0.25, 0.3) is 34.2 Å². The van der Waals surface area contributed by atoms with Crippen molar-refractivity contribution in [3.63, 3.8) is 0 Å². The normalized spacial score (nSPS) is 11.8. The van der Waals surface area contributed by atoms with Gasteiger partial charge < -0.3 is 9.15 Å². The van der Waals surface area contributed by atoms with Gasteiger partial charge in [0.25, 0.3) is 0 Å². The average molecular weight is 632 g/mol. The fourth-order valence-corrected chi connectivity index (χ4v) is 4.65. The molecule has 2 aromatic carbocycles. The maximum atomic E-state index is 13.1. The number of oxazole rings is 1. The van der Waals surface area contributed by atoms with Gasteiger partial charge in [0, 0.05) is 11.1 Å². The van der Waals surface area contributed by atoms with Crippen molar-refractivity contribution in [3.05, 3.63) is 76.4 Å². The van der Waals surface area contributed by atoms with Crippen LogP contribution in [-0.4, -0.2) is 58.2 Å². The zero-order valence-corrected chi connectivity index (χ0v) is 22.9. The largest absolute Gasteiger partial charge is 0.463 e. The lowest BCUT2D eigenvalue weighted by Crippen LogP contribution is -2.23. The predicted octanol–water partition coefficient (Wildman–Crippen LogP) is 5.50. The standard InChI is InChI=1S/C23H17ClFN5O5S.C2H2F4/c1-2-36(32,33)19-9-10-20(30-23(31)29(13-26-30)15-5-3-14(24)4-6-15)28-21(19)22-27-17-11-16(34-12-25)7-8-18(17)35-22;3-1-2(4,5)6/h3-11,13H,2,12H2,1H3;1H2. The molecule has 3 aromatic heterocycles. The molecule has 3 heterocycles. The summed E-state index contributed by atoms with van der Waals surface area (Å²) in [5.41, 5.74) is 0.532. The summed E-state index contributed by atoms with van der Waals surface area (Å²) in [6.45, 7) is -1.75. The van der Waals surface area contributed by atoms with Crippen molar-refractivity contribution in [2.24, 2.45) is 0 Å². The quantitative estimate of drug-likeness (QED) is 0.216. The lowest BCUT2D eigenvalue weighted by molar-refractivity contribution is -0.142. The van der Waals surface area contributed by atoms with Crippen LogP contribution in [0.4, 0.5) is 22.0 Å². The highest BCUT2D eigenvalue weighted by Crippen LogP contribution is 2.31. The van der Waals surface area contributed by atoms with Gasteiger partial charge in [-0.05, 0) is 48.5 Å². The number of halogens is 6. The Hall–Kier alpha value is -4.31. The molecule has 0 saturated heterocycles. The molecular formula is C25H19ClF5N5O5S. The Bertz CT molecular complexity index is 1870. The number of sulfone groups is 1. The van der Waals surface area contributed by atoms with Crippen molar-refractivity contribution in [2.45, 2.75) is 18.0 Å². The summed E-state index contributed by atoms with van der Waals surface area (Å²) < 4.78 is 92.7. The fourth-order valence-electron chi connectivity index (χ4n) is 3.52. The molecule has 0 aliphatic carbocycles. The first-order chi connectivity index (χ1) is 19.9. The molecule has 5 rings (SSSR count). The van der Waals surface area contributed by atoms with Crippen molar-refractivity contribution in [2.75, 3.05) is 19.3 Å². The third-order valence-corrected chi connectivity index (χ3v) is 7.50. The van der Waals surface area contributed by atoms with Crippen LogP contribution >= 0.6 is 11.6 Å². The van der Waals surface area contributed by atoms with E-state index in [-0.39, 0.29) is 33.8 Å². The molecule has 0 N–H and O–H groups in total. The van der Waals surface area contributed by atoms with Crippen LogP contribution in [0, 0.1) is 0 Å². The molecule has 0 radical (unpaired) electrons. The molecule has 0 saturated carbocycles. The second-order valence-electron chi connectivity index (χ2n) is 8.24. The molecule has 0 bridgehead atoms. The Morgan fingerprint density at radius 1 is 1.02 bits per heavy atom. The molecule has 17 heteroatoms. The second-order valence-corrected chi connectivity index (χ2v) is 10.9. The van der Waals surface area contributed by atoms with Gasteiger partial charge in [-0.1, -0.05) is 18.5 Å². The molecule has 0 spiro atoms. The minimum absolute atomic E-state index is 0.0569. The molecule has 10 nitrogen and oxygen atoms in total. The van der Waals surface area contributed by atoms with E-state index in [1.165, 1.54) is 48.1 Å². The van der Waals surface area contributed by atoms with Crippen LogP contribution in [0.15, 0.2) is 75.0 Å². The first-order valence-corrected chi connectivity index (χ1v) is 13.8. The van der Waals surface area contributed by atoms with Gasteiger partial charge in [0.1, 0.15) is 23.3 Å². The van der Waals surface area contributed by atoms with E-state index in [2.05, 4.69) is 15.1 Å². The minimum atomic E-state index is -4.62. The minimum Gasteiger partial charge on any atom is -0.463 e. The number of fused-ring (bicyclic) bond motifs is 1. The topological polar surface area (TPSA) is 122 Å². The lowest BCUT2D eigenvalue weighted by Gasteiger charge is -2.08. The van der Waals surface area contributed by atoms with Gasteiger partial charge in [0.15, 0.2) is 27.9 Å². The molecule has 0 aliphatic rings. The van der Waals surface area contributed by atoms with Crippen LogP contribution in [0.5, 0.6) is 5.75 Å². The number of ether oxygens (including phenoxy) is 1. The van der Waals surface area contributed by atoms with Crippen molar-refractivity contribution >= 4 is 32.5 Å². The van der Waals surface area contributed by atoms with Crippen LogP contribution in [0.1, 0.15) is 6.92 Å². The van der Waals surface area contributed by atoms with Gasteiger partial charge in [-0.2, -0.15) is 23.0 Å². The molecule has 42 heavy (non-hydrogen) atoms. The van der Waals surface area contributed by atoms with E-state index in [9.17, 15) is 35.2 Å². The van der Waals surface area contributed by atoms with E-state index in [0.29, 0.717) is 21.8 Å². The maximum Gasteiger partial charge on any atom is 0.416 e. The Balaban J connectivity index is 0.000000612. The second kappa shape index (κ2) is 12.3. The summed E-state index contributed by atoms with van der Waals surface area (Å²) in [4.78, 5) is 21.7. The van der Waals surface area contributed by atoms with Crippen molar-refractivity contribution < 1.29 is 39.5 Å². The number of benzene rings is 2. The van der Waals surface area contributed by atoms with Gasteiger partial charge in [0.2, 0.25) is 12.8 Å². The van der Waals surface area contributed by atoms with Crippen molar-refractivity contribution in [1.29, 1.82) is 0 Å². The van der Waals surface area contributed by atoms with E-state index >= 15 is 0 Å². The molecule has 0 fully saturated rings. The Morgan fingerprint density at radius 3 is 2.33 bits per heavy atom. The van der Waals surface area contributed by atoms with Gasteiger partial charge >= 0.3 is 11.9 Å². The number of hydrogen-bond acceptors (Lipinski definition) is 8. The summed E-state index contributed by atoms with van der Waals surface area (Å²) in [6, 6.07) is 13.8. The van der Waals surface area contributed by atoms with Crippen LogP contribution < -0.4 is 10.4 Å². The third-order valence-electron chi connectivity index (χ3n) is 5.48. The molecule has 0 atom stereocenters. The molecule has 0 amide bonds. The zero-order valence-electron chi connectivity index (χ0n) is 21.3. The number of nitrogens with zero attached hydrogens (tertiary/aromatic N) is 5. The monoisotopic (exact) mass is 631 g/mol. The van der Waals surface area contributed by atoms with Gasteiger partial charge in [-0.15, -0.1) is 0 Å². The van der Waals surface area contributed by atoms with E-state index < -0.39 is 35.2 Å². The van der Waals surface area contributed by atoms with Gasteiger partial charge in [-0.3, -0.25) is 0 Å².